The fourth-order valence-electron chi connectivity index (χ4n) is 0.964. The Bertz CT molecular complexity index is 268. The van der Waals surface area contributed by atoms with Crippen molar-refractivity contribution in [3.05, 3.63) is 41.4 Å². The summed E-state index contributed by atoms with van der Waals surface area (Å²) in [5.74, 6) is -0.161. The Balaban J connectivity index is 2.70. The maximum Gasteiger partial charge on any atom is 0.127 e. The molecule has 0 aromatic heterocycles. The van der Waals surface area contributed by atoms with Gasteiger partial charge in [0.2, 0.25) is 0 Å². The second-order valence-electron chi connectivity index (χ2n) is 2.56. The van der Waals surface area contributed by atoms with Crippen molar-refractivity contribution in [2.45, 2.75) is 6.42 Å². The summed E-state index contributed by atoms with van der Waals surface area (Å²) in [4.78, 5) is 0. The van der Waals surface area contributed by atoms with E-state index in [4.69, 9.17) is 0 Å². The van der Waals surface area contributed by atoms with Crippen LogP contribution in [0.5, 0.6) is 0 Å². The van der Waals surface area contributed by atoms with E-state index in [9.17, 15) is 4.39 Å². The molecule has 0 unspecified atom stereocenters. The molecule has 0 fully saturated rings. The van der Waals surface area contributed by atoms with Gasteiger partial charge >= 0.3 is 0 Å². The van der Waals surface area contributed by atoms with Crippen molar-refractivity contribution in [1.29, 1.82) is 0 Å². The van der Waals surface area contributed by atoms with Crippen molar-refractivity contribution in [3.8, 4) is 0 Å². The summed E-state index contributed by atoms with van der Waals surface area (Å²) in [7, 11) is 1.85. The van der Waals surface area contributed by atoms with Crippen LogP contribution in [-0.4, -0.2) is 13.6 Å². The molecule has 12 heavy (non-hydrogen) atoms. The molecule has 64 valence electrons. The van der Waals surface area contributed by atoms with E-state index in [2.05, 4.69) is 11.0 Å². The lowest BCUT2D eigenvalue weighted by molar-refractivity contribution is 0.646. The predicted octanol–water partition coefficient (Wildman–Crippen LogP) is 2.10. The Morgan fingerprint density at radius 3 is 3.17 bits per heavy atom. The fraction of sp³-hybridized carbons (Fsp3) is 0.300. The Morgan fingerprint density at radius 1 is 1.58 bits per heavy atom. The Kier molecular flexibility index (Phi) is 3.52. The number of rotatable bonds is 3. The molecule has 1 N–H and O–H groups in total. The van der Waals surface area contributed by atoms with Crippen molar-refractivity contribution in [3.63, 3.8) is 0 Å². The minimum atomic E-state index is -0.161. The van der Waals surface area contributed by atoms with Crippen molar-refractivity contribution in [1.82, 2.24) is 5.32 Å². The number of halogens is 1. The highest BCUT2D eigenvalue weighted by molar-refractivity contribution is 5.33. The van der Waals surface area contributed by atoms with Crippen LogP contribution in [0, 0.1) is 0 Å². The van der Waals surface area contributed by atoms with Crippen LogP contribution < -0.4 is 5.32 Å². The summed E-state index contributed by atoms with van der Waals surface area (Å²) in [5, 5.41) is 2.97. The van der Waals surface area contributed by atoms with Crippen LogP contribution in [0.3, 0.4) is 0 Å². The van der Waals surface area contributed by atoms with Gasteiger partial charge in [-0.2, -0.15) is 0 Å². The summed E-state index contributed by atoms with van der Waals surface area (Å²) in [6.45, 7) is 0.786. The number of hydrogen-bond acceptors (Lipinski definition) is 1. The molecule has 0 aliphatic heterocycles. The third-order valence-corrected chi connectivity index (χ3v) is 1.64. The minimum absolute atomic E-state index is 0.161. The normalized spacial score (nSPS) is 15.5. The molecule has 1 nitrogen and oxygen atoms in total. The lowest BCUT2D eigenvalue weighted by Gasteiger charge is -2.00. The molecule has 0 atom stereocenters. The van der Waals surface area contributed by atoms with E-state index in [1.165, 1.54) is 6.08 Å². The van der Waals surface area contributed by atoms with E-state index >= 15 is 0 Å². The minimum Gasteiger partial charge on any atom is -0.319 e. The van der Waals surface area contributed by atoms with Gasteiger partial charge in [-0.3, -0.25) is 0 Å². The molecule has 1 rings (SSSR count). The third kappa shape index (κ3) is 2.50. The van der Waals surface area contributed by atoms with Crippen molar-refractivity contribution >= 4 is 0 Å². The monoisotopic (exact) mass is 165 g/mol. The molecule has 1 aliphatic carbocycles. The number of hydrogen-bond donors (Lipinski definition) is 1. The molecule has 0 heterocycles. The maximum atomic E-state index is 13.1. The molecular weight excluding hydrogens is 153 g/mol. The predicted molar refractivity (Wildman–Crippen MR) is 48.5 cm³/mol. The van der Waals surface area contributed by atoms with Crippen LogP contribution in [-0.2, 0) is 0 Å². The van der Waals surface area contributed by atoms with Crippen molar-refractivity contribution < 1.29 is 4.39 Å². The quantitative estimate of drug-likeness (QED) is 0.631. The van der Waals surface area contributed by atoms with Crippen LogP contribution in [0.2, 0.25) is 0 Å². The Labute approximate surface area is 72.0 Å². The van der Waals surface area contributed by atoms with E-state index in [-0.39, 0.29) is 5.83 Å². The molecule has 0 bridgehead atoms. The van der Waals surface area contributed by atoms with Crippen LogP contribution in [0.4, 0.5) is 4.39 Å². The highest BCUT2D eigenvalue weighted by atomic mass is 19.1. The zero-order valence-corrected chi connectivity index (χ0v) is 7.10. The second kappa shape index (κ2) is 4.70. The van der Waals surface area contributed by atoms with E-state index in [1.807, 2.05) is 7.05 Å². The van der Waals surface area contributed by atoms with E-state index in [1.54, 1.807) is 18.2 Å². The van der Waals surface area contributed by atoms with Gasteiger partial charge in [0.25, 0.3) is 0 Å². The van der Waals surface area contributed by atoms with Crippen LogP contribution in [0.1, 0.15) is 6.42 Å². The molecule has 0 radical (unpaired) electrons. The maximum absolute atomic E-state index is 13.1. The first-order valence-electron chi connectivity index (χ1n) is 3.97. The summed E-state index contributed by atoms with van der Waals surface area (Å²) >= 11 is 0. The number of allylic oxidation sites excluding steroid dienone is 4. The molecule has 0 aromatic rings. The number of nitrogens with one attached hydrogen (secondary N) is 1. The Morgan fingerprint density at radius 2 is 2.42 bits per heavy atom. The van der Waals surface area contributed by atoms with E-state index < -0.39 is 0 Å². The van der Waals surface area contributed by atoms with Crippen LogP contribution in [0.25, 0.3) is 0 Å². The first kappa shape index (κ1) is 8.98. The molecule has 2 heteroatoms. The van der Waals surface area contributed by atoms with Gasteiger partial charge in [-0.1, -0.05) is 6.08 Å². The van der Waals surface area contributed by atoms with Crippen LogP contribution >= 0.6 is 0 Å². The lowest BCUT2D eigenvalue weighted by Crippen LogP contribution is -2.08. The summed E-state index contributed by atoms with van der Waals surface area (Å²) in [6, 6.07) is 0. The van der Waals surface area contributed by atoms with Gasteiger partial charge in [0.1, 0.15) is 5.83 Å². The second-order valence-corrected chi connectivity index (χ2v) is 2.56. The van der Waals surface area contributed by atoms with Gasteiger partial charge in [-0.25, -0.2) is 4.39 Å². The molecular formula is C10H12FN. The molecule has 0 spiro atoms. The van der Waals surface area contributed by atoms with Gasteiger partial charge in [0.05, 0.1) is 0 Å². The molecule has 0 saturated heterocycles. The average molecular weight is 165 g/mol. The molecule has 0 saturated carbocycles. The van der Waals surface area contributed by atoms with E-state index in [0.717, 1.165) is 6.54 Å². The van der Waals surface area contributed by atoms with Gasteiger partial charge in [0, 0.05) is 0 Å². The average Bonchev–Trinajstić information content (AvgIpc) is 2.27. The zero-order chi connectivity index (χ0) is 8.81. The van der Waals surface area contributed by atoms with Crippen molar-refractivity contribution in [2.75, 3.05) is 13.6 Å². The van der Waals surface area contributed by atoms with Crippen molar-refractivity contribution in [2.24, 2.45) is 0 Å². The third-order valence-electron chi connectivity index (χ3n) is 1.64. The van der Waals surface area contributed by atoms with Crippen LogP contribution in [0.15, 0.2) is 41.4 Å². The molecule has 1 aliphatic rings. The highest BCUT2D eigenvalue weighted by Crippen LogP contribution is 2.14. The van der Waals surface area contributed by atoms with Gasteiger partial charge in [-0.05, 0) is 43.8 Å². The van der Waals surface area contributed by atoms with E-state index in [0.29, 0.717) is 12.0 Å². The Hall–Kier alpha value is -1.11. The van der Waals surface area contributed by atoms with Gasteiger partial charge < -0.3 is 5.32 Å². The van der Waals surface area contributed by atoms with Gasteiger partial charge in [-0.15, -0.1) is 5.73 Å². The zero-order valence-electron chi connectivity index (χ0n) is 7.10. The molecule has 0 amide bonds. The first-order valence-corrected chi connectivity index (χ1v) is 3.97. The summed E-state index contributed by atoms with van der Waals surface area (Å²) < 4.78 is 13.1. The largest absolute Gasteiger partial charge is 0.319 e. The smallest absolute Gasteiger partial charge is 0.127 e. The lowest BCUT2D eigenvalue weighted by atomic mass is 10.1. The standard InChI is InChI=1S/C10H12FN/c1-12-8-7-9-5-3-2-4-6-10(9)11/h2,4-6,12H,7-8H2,1H3. The first-order chi connectivity index (χ1) is 5.84. The fourth-order valence-corrected chi connectivity index (χ4v) is 0.964. The molecule has 0 aromatic carbocycles. The summed E-state index contributed by atoms with van der Waals surface area (Å²) in [5.41, 5.74) is 3.58. The summed E-state index contributed by atoms with van der Waals surface area (Å²) in [6.07, 6.45) is 7.20. The van der Waals surface area contributed by atoms with Gasteiger partial charge in [0.15, 0.2) is 0 Å². The highest BCUT2D eigenvalue weighted by Gasteiger charge is 2.00. The SMILES string of the molecule is CNCCC1=C(F)C=CC=C=C1. The topological polar surface area (TPSA) is 12.0 Å².